The molecule has 0 aliphatic carbocycles. The second-order valence-electron chi connectivity index (χ2n) is 2.64. The van der Waals surface area contributed by atoms with Gasteiger partial charge in [0.15, 0.2) is 0 Å². The zero-order valence-corrected chi connectivity index (χ0v) is 7.04. The van der Waals surface area contributed by atoms with Crippen LogP contribution in [-0.2, 0) is 13.2 Å². The Bertz CT molecular complexity index is 230. The molecule has 1 aromatic rings. The van der Waals surface area contributed by atoms with E-state index >= 15 is 0 Å². The van der Waals surface area contributed by atoms with Gasteiger partial charge in [-0.05, 0) is 13.3 Å². The highest BCUT2D eigenvalue weighted by atomic mass is 16.3. The molecule has 0 atom stereocenters. The fourth-order valence-corrected chi connectivity index (χ4v) is 1.08. The maximum absolute atomic E-state index is 8.85. The van der Waals surface area contributed by atoms with Crippen molar-refractivity contribution in [2.75, 3.05) is 0 Å². The molecule has 1 aromatic heterocycles. The SMILES string of the molecule is CCCn1ncc(CO)c1C. The third kappa shape index (κ3) is 1.60. The highest BCUT2D eigenvalue weighted by Gasteiger charge is 2.02. The van der Waals surface area contributed by atoms with Crippen LogP contribution in [0.15, 0.2) is 6.20 Å². The van der Waals surface area contributed by atoms with Crippen LogP contribution in [0.1, 0.15) is 24.6 Å². The predicted molar refractivity (Wildman–Crippen MR) is 43.2 cm³/mol. The first-order valence-electron chi connectivity index (χ1n) is 3.91. The minimum atomic E-state index is 0.0928. The van der Waals surface area contributed by atoms with E-state index in [0.717, 1.165) is 24.2 Å². The molecule has 0 radical (unpaired) electrons. The maximum Gasteiger partial charge on any atom is 0.0715 e. The first-order chi connectivity index (χ1) is 5.29. The van der Waals surface area contributed by atoms with Gasteiger partial charge in [0, 0.05) is 17.8 Å². The summed E-state index contributed by atoms with van der Waals surface area (Å²) in [7, 11) is 0. The van der Waals surface area contributed by atoms with Crippen LogP contribution in [-0.4, -0.2) is 14.9 Å². The fourth-order valence-electron chi connectivity index (χ4n) is 1.08. The third-order valence-electron chi connectivity index (χ3n) is 1.81. The summed E-state index contributed by atoms with van der Waals surface area (Å²) >= 11 is 0. The lowest BCUT2D eigenvalue weighted by Gasteiger charge is -2.01. The molecule has 0 bridgehead atoms. The van der Waals surface area contributed by atoms with Crippen LogP contribution >= 0.6 is 0 Å². The Kier molecular flexibility index (Phi) is 2.65. The minimum absolute atomic E-state index is 0.0928. The van der Waals surface area contributed by atoms with E-state index in [9.17, 15) is 0 Å². The number of hydrogen-bond acceptors (Lipinski definition) is 2. The molecule has 0 amide bonds. The smallest absolute Gasteiger partial charge is 0.0715 e. The summed E-state index contributed by atoms with van der Waals surface area (Å²) in [6.07, 6.45) is 2.80. The highest BCUT2D eigenvalue weighted by Crippen LogP contribution is 2.06. The zero-order valence-electron chi connectivity index (χ0n) is 7.04. The topological polar surface area (TPSA) is 38.0 Å². The normalized spacial score (nSPS) is 10.5. The lowest BCUT2D eigenvalue weighted by molar-refractivity contribution is 0.280. The van der Waals surface area contributed by atoms with Crippen molar-refractivity contribution in [1.29, 1.82) is 0 Å². The summed E-state index contributed by atoms with van der Waals surface area (Å²) in [6, 6.07) is 0. The molecule has 0 fully saturated rings. The quantitative estimate of drug-likeness (QED) is 0.707. The van der Waals surface area contributed by atoms with Crippen molar-refractivity contribution in [2.24, 2.45) is 0 Å². The Morgan fingerprint density at radius 2 is 2.36 bits per heavy atom. The van der Waals surface area contributed by atoms with Gasteiger partial charge < -0.3 is 5.11 Å². The number of hydrogen-bond donors (Lipinski definition) is 1. The molecule has 1 N–H and O–H groups in total. The van der Waals surface area contributed by atoms with Gasteiger partial charge in [0.1, 0.15) is 0 Å². The van der Waals surface area contributed by atoms with Crippen LogP contribution in [0, 0.1) is 6.92 Å². The van der Waals surface area contributed by atoms with Crippen LogP contribution in [0.2, 0.25) is 0 Å². The van der Waals surface area contributed by atoms with E-state index in [1.54, 1.807) is 6.20 Å². The molecule has 1 rings (SSSR count). The molecule has 62 valence electrons. The predicted octanol–water partition coefficient (Wildman–Crippen LogP) is 1.09. The summed E-state index contributed by atoms with van der Waals surface area (Å²) in [5.74, 6) is 0. The monoisotopic (exact) mass is 154 g/mol. The highest BCUT2D eigenvalue weighted by molar-refractivity contribution is 5.14. The molecule has 3 nitrogen and oxygen atoms in total. The summed E-state index contributed by atoms with van der Waals surface area (Å²) in [6.45, 7) is 5.12. The van der Waals surface area contributed by atoms with Gasteiger partial charge in [-0.3, -0.25) is 4.68 Å². The fraction of sp³-hybridized carbons (Fsp3) is 0.625. The average molecular weight is 154 g/mol. The van der Waals surface area contributed by atoms with Crippen molar-refractivity contribution < 1.29 is 5.11 Å². The maximum atomic E-state index is 8.85. The van der Waals surface area contributed by atoms with Crippen LogP contribution in [0.25, 0.3) is 0 Å². The van der Waals surface area contributed by atoms with Crippen LogP contribution in [0.3, 0.4) is 0 Å². The molecule has 0 spiro atoms. The van der Waals surface area contributed by atoms with E-state index in [4.69, 9.17) is 5.11 Å². The Balaban J connectivity index is 2.82. The molecule has 0 unspecified atom stereocenters. The molecular formula is C8H14N2O. The van der Waals surface area contributed by atoms with Gasteiger partial charge >= 0.3 is 0 Å². The number of rotatable bonds is 3. The second-order valence-corrected chi connectivity index (χ2v) is 2.64. The third-order valence-corrected chi connectivity index (χ3v) is 1.81. The Morgan fingerprint density at radius 1 is 1.64 bits per heavy atom. The Hall–Kier alpha value is -0.830. The van der Waals surface area contributed by atoms with E-state index in [1.807, 2.05) is 11.6 Å². The Morgan fingerprint density at radius 3 is 2.82 bits per heavy atom. The molecule has 0 aliphatic rings. The molecule has 0 aliphatic heterocycles. The molecule has 11 heavy (non-hydrogen) atoms. The van der Waals surface area contributed by atoms with Crippen molar-refractivity contribution in [3.05, 3.63) is 17.5 Å². The lowest BCUT2D eigenvalue weighted by atomic mass is 10.3. The molecule has 3 heteroatoms. The van der Waals surface area contributed by atoms with E-state index in [2.05, 4.69) is 12.0 Å². The van der Waals surface area contributed by atoms with E-state index in [0.29, 0.717) is 0 Å². The van der Waals surface area contributed by atoms with Crippen molar-refractivity contribution >= 4 is 0 Å². The number of aromatic nitrogens is 2. The minimum Gasteiger partial charge on any atom is -0.392 e. The van der Waals surface area contributed by atoms with Gasteiger partial charge in [-0.15, -0.1) is 0 Å². The van der Waals surface area contributed by atoms with Crippen molar-refractivity contribution in [3.8, 4) is 0 Å². The van der Waals surface area contributed by atoms with Crippen LogP contribution in [0.4, 0.5) is 0 Å². The lowest BCUT2D eigenvalue weighted by Crippen LogP contribution is -2.01. The van der Waals surface area contributed by atoms with E-state index in [-0.39, 0.29) is 6.61 Å². The first-order valence-corrected chi connectivity index (χ1v) is 3.91. The zero-order chi connectivity index (χ0) is 8.27. The Labute approximate surface area is 66.7 Å². The summed E-state index contributed by atoms with van der Waals surface area (Å²) in [4.78, 5) is 0. The second kappa shape index (κ2) is 3.53. The van der Waals surface area contributed by atoms with Gasteiger partial charge in [0.05, 0.1) is 12.8 Å². The standard InChI is InChI=1S/C8H14N2O/c1-3-4-10-7(2)8(6-11)5-9-10/h5,11H,3-4,6H2,1-2H3. The summed E-state index contributed by atoms with van der Waals surface area (Å²) in [5.41, 5.74) is 2.01. The molecule has 0 saturated heterocycles. The van der Waals surface area contributed by atoms with Crippen LogP contribution < -0.4 is 0 Å². The van der Waals surface area contributed by atoms with Crippen LogP contribution in [0.5, 0.6) is 0 Å². The van der Waals surface area contributed by atoms with Gasteiger partial charge in [0.2, 0.25) is 0 Å². The molecule has 0 aromatic carbocycles. The van der Waals surface area contributed by atoms with E-state index in [1.165, 1.54) is 0 Å². The average Bonchev–Trinajstić information content (AvgIpc) is 2.34. The van der Waals surface area contributed by atoms with Gasteiger partial charge in [-0.25, -0.2) is 0 Å². The first kappa shape index (κ1) is 8.27. The number of aliphatic hydroxyl groups excluding tert-OH is 1. The number of aliphatic hydroxyl groups is 1. The molecule has 1 heterocycles. The molecular weight excluding hydrogens is 140 g/mol. The largest absolute Gasteiger partial charge is 0.392 e. The van der Waals surface area contributed by atoms with Gasteiger partial charge in [-0.1, -0.05) is 6.92 Å². The van der Waals surface area contributed by atoms with Crippen molar-refractivity contribution in [1.82, 2.24) is 9.78 Å². The number of nitrogens with zero attached hydrogens (tertiary/aromatic N) is 2. The van der Waals surface area contributed by atoms with Gasteiger partial charge in [-0.2, -0.15) is 5.10 Å². The van der Waals surface area contributed by atoms with E-state index < -0.39 is 0 Å². The van der Waals surface area contributed by atoms with Gasteiger partial charge in [0.25, 0.3) is 0 Å². The van der Waals surface area contributed by atoms with Crippen molar-refractivity contribution in [2.45, 2.75) is 33.4 Å². The van der Waals surface area contributed by atoms with Crippen molar-refractivity contribution in [3.63, 3.8) is 0 Å². The summed E-state index contributed by atoms with van der Waals surface area (Å²) in [5, 5.41) is 13.0. The number of aryl methyl sites for hydroxylation is 1. The molecule has 0 saturated carbocycles. The summed E-state index contributed by atoms with van der Waals surface area (Å²) < 4.78 is 1.92.